The first kappa shape index (κ1) is 16.2. The number of anilines is 1. The van der Waals surface area contributed by atoms with Crippen molar-refractivity contribution in [2.24, 2.45) is 0 Å². The molecule has 2 aromatic carbocycles. The number of ether oxygens (including phenoxy) is 1. The minimum atomic E-state index is -0.129. The monoisotopic (exact) mass is 338 g/mol. The first-order valence-electron chi connectivity index (χ1n) is 7.73. The van der Waals surface area contributed by atoms with Crippen LogP contribution in [0.1, 0.15) is 12.5 Å². The van der Waals surface area contributed by atoms with Crippen LogP contribution >= 0.6 is 12.2 Å². The normalized spacial score (nSPS) is 16.2. The molecule has 3 rings (SSSR count). The molecule has 0 aliphatic carbocycles. The van der Waals surface area contributed by atoms with Crippen molar-refractivity contribution in [3.05, 3.63) is 65.9 Å². The maximum Gasteiger partial charge on any atom is 0.281 e. The molecule has 122 valence electrons. The van der Waals surface area contributed by atoms with Crippen LogP contribution < -0.4 is 9.64 Å². The van der Waals surface area contributed by atoms with Gasteiger partial charge in [-0.3, -0.25) is 9.69 Å². The Morgan fingerprint density at radius 1 is 1.08 bits per heavy atom. The van der Waals surface area contributed by atoms with Gasteiger partial charge in [0.25, 0.3) is 5.91 Å². The van der Waals surface area contributed by atoms with Gasteiger partial charge in [0.1, 0.15) is 11.4 Å². The van der Waals surface area contributed by atoms with Crippen molar-refractivity contribution in [3.63, 3.8) is 0 Å². The number of nitrogens with zero attached hydrogens (tertiary/aromatic N) is 2. The standard InChI is InChI=1S/C19H18N2O2S/c1-3-23-16-11-9-15(10-12-16)21-18(22)17(20(2)19(21)24)13-14-7-5-4-6-8-14/h4-13H,3H2,1-2H3. The van der Waals surface area contributed by atoms with Gasteiger partial charge < -0.3 is 9.64 Å². The fourth-order valence-electron chi connectivity index (χ4n) is 2.55. The number of likely N-dealkylation sites (N-methyl/N-ethyl adjacent to an activating group) is 1. The van der Waals surface area contributed by atoms with E-state index in [2.05, 4.69) is 0 Å². The second-order valence-corrected chi connectivity index (χ2v) is 5.71. The molecule has 0 atom stereocenters. The second kappa shape index (κ2) is 6.84. The summed E-state index contributed by atoms with van der Waals surface area (Å²) in [4.78, 5) is 16.1. The number of hydrogen-bond acceptors (Lipinski definition) is 3. The maximum absolute atomic E-state index is 12.8. The third kappa shape index (κ3) is 3.03. The van der Waals surface area contributed by atoms with Crippen molar-refractivity contribution in [3.8, 4) is 5.75 Å². The highest BCUT2D eigenvalue weighted by atomic mass is 32.1. The average molecular weight is 338 g/mol. The first-order chi connectivity index (χ1) is 11.6. The lowest BCUT2D eigenvalue weighted by atomic mass is 10.2. The van der Waals surface area contributed by atoms with Gasteiger partial charge >= 0.3 is 0 Å². The van der Waals surface area contributed by atoms with Gasteiger partial charge in [0.15, 0.2) is 5.11 Å². The molecular formula is C19H18N2O2S. The van der Waals surface area contributed by atoms with Crippen molar-refractivity contribution in [2.75, 3.05) is 18.6 Å². The summed E-state index contributed by atoms with van der Waals surface area (Å²) < 4.78 is 5.44. The smallest absolute Gasteiger partial charge is 0.281 e. The van der Waals surface area contributed by atoms with E-state index in [4.69, 9.17) is 17.0 Å². The number of rotatable bonds is 4. The Kier molecular flexibility index (Phi) is 4.62. The second-order valence-electron chi connectivity index (χ2n) is 5.35. The van der Waals surface area contributed by atoms with E-state index in [1.165, 1.54) is 0 Å². The number of thiocarbonyl (C=S) groups is 1. The molecule has 4 nitrogen and oxygen atoms in total. The van der Waals surface area contributed by atoms with E-state index >= 15 is 0 Å². The van der Waals surface area contributed by atoms with E-state index in [0.29, 0.717) is 17.4 Å². The highest BCUT2D eigenvalue weighted by Gasteiger charge is 2.36. The molecule has 0 radical (unpaired) electrons. The summed E-state index contributed by atoms with van der Waals surface area (Å²) >= 11 is 5.46. The van der Waals surface area contributed by atoms with Crippen LogP contribution in [0.15, 0.2) is 60.3 Å². The van der Waals surface area contributed by atoms with E-state index in [-0.39, 0.29) is 5.91 Å². The number of amides is 1. The van der Waals surface area contributed by atoms with Crippen LogP contribution in [0.2, 0.25) is 0 Å². The molecule has 1 aliphatic rings. The molecule has 1 fully saturated rings. The number of carbonyl (C=O) groups excluding carboxylic acids is 1. The zero-order valence-corrected chi connectivity index (χ0v) is 14.4. The molecule has 0 spiro atoms. The number of benzene rings is 2. The van der Waals surface area contributed by atoms with E-state index in [9.17, 15) is 4.79 Å². The summed E-state index contributed by atoms with van der Waals surface area (Å²) in [5.74, 6) is 0.641. The predicted octanol–water partition coefficient (Wildman–Crippen LogP) is 3.69. The minimum absolute atomic E-state index is 0.129. The molecule has 1 saturated heterocycles. The number of carbonyl (C=O) groups is 1. The third-order valence-corrected chi connectivity index (χ3v) is 4.23. The van der Waals surface area contributed by atoms with E-state index in [0.717, 1.165) is 17.0 Å². The lowest BCUT2D eigenvalue weighted by Gasteiger charge is -2.16. The fraction of sp³-hybridized carbons (Fsp3) is 0.158. The van der Waals surface area contributed by atoms with E-state index < -0.39 is 0 Å². The summed E-state index contributed by atoms with van der Waals surface area (Å²) in [5, 5.41) is 0.464. The fourth-order valence-corrected chi connectivity index (χ4v) is 2.84. The lowest BCUT2D eigenvalue weighted by molar-refractivity contribution is -0.114. The largest absolute Gasteiger partial charge is 0.494 e. The molecule has 1 aliphatic heterocycles. The van der Waals surface area contributed by atoms with Gasteiger partial charge in [-0.2, -0.15) is 0 Å². The van der Waals surface area contributed by atoms with Gasteiger partial charge in [0.05, 0.1) is 12.3 Å². The molecular weight excluding hydrogens is 320 g/mol. The van der Waals surface area contributed by atoms with Crippen LogP contribution in [-0.4, -0.2) is 29.6 Å². The van der Waals surface area contributed by atoms with Crippen molar-refractivity contribution >= 4 is 35.0 Å². The van der Waals surface area contributed by atoms with Crippen LogP contribution in [0.3, 0.4) is 0 Å². The average Bonchev–Trinajstić information content (AvgIpc) is 2.81. The summed E-state index contributed by atoms with van der Waals surface area (Å²) in [6, 6.07) is 17.1. The van der Waals surface area contributed by atoms with E-state index in [1.54, 1.807) is 9.80 Å². The third-order valence-electron chi connectivity index (χ3n) is 3.77. The van der Waals surface area contributed by atoms with Crippen molar-refractivity contribution in [2.45, 2.75) is 6.92 Å². The Balaban J connectivity index is 1.92. The molecule has 0 bridgehead atoms. The van der Waals surface area contributed by atoms with Gasteiger partial charge in [-0.15, -0.1) is 0 Å². The molecule has 24 heavy (non-hydrogen) atoms. The van der Waals surface area contributed by atoms with Gasteiger partial charge in [0.2, 0.25) is 0 Å². The van der Waals surface area contributed by atoms with E-state index in [1.807, 2.05) is 74.6 Å². The van der Waals surface area contributed by atoms with Gasteiger partial charge in [-0.25, -0.2) is 0 Å². The Morgan fingerprint density at radius 2 is 1.75 bits per heavy atom. The molecule has 2 aromatic rings. The van der Waals surface area contributed by atoms with Crippen LogP contribution in [0.25, 0.3) is 6.08 Å². The maximum atomic E-state index is 12.8. The van der Waals surface area contributed by atoms with Crippen LogP contribution in [0.4, 0.5) is 5.69 Å². The van der Waals surface area contributed by atoms with Gasteiger partial charge in [-0.05, 0) is 55.0 Å². The zero-order valence-electron chi connectivity index (χ0n) is 13.6. The van der Waals surface area contributed by atoms with Crippen LogP contribution in [-0.2, 0) is 4.79 Å². The molecule has 0 saturated carbocycles. The Bertz CT molecular complexity index is 785. The quantitative estimate of drug-likeness (QED) is 0.629. The Labute approximate surface area is 147 Å². The highest BCUT2D eigenvalue weighted by Crippen LogP contribution is 2.29. The number of hydrogen-bond donors (Lipinski definition) is 0. The van der Waals surface area contributed by atoms with Gasteiger partial charge in [0, 0.05) is 7.05 Å². The molecule has 0 N–H and O–H groups in total. The minimum Gasteiger partial charge on any atom is -0.494 e. The van der Waals surface area contributed by atoms with Crippen molar-refractivity contribution < 1.29 is 9.53 Å². The lowest BCUT2D eigenvalue weighted by Crippen LogP contribution is -2.31. The Morgan fingerprint density at radius 3 is 2.38 bits per heavy atom. The van der Waals surface area contributed by atoms with Crippen molar-refractivity contribution in [1.82, 2.24) is 4.90 Å². The Hall–Kier alpha value is -2.66. The van der Waals surface area contributed by atoms with Gasteiger partial charge in [-0.1, -0.05) is 30.3 Å². The molecule has 1 amide bonds. The molecule has 1 heterocycles. The zero-order chi connectivity index (χ0) is 17.1. The summed E-state index contributed by atoms with van der Waals surface area (Å²) in [7, 11) is 1.81. The highest BCUT2D eigenvalue weighted by molar-refractivity contribution is 7.80. The molecule has 0 unspecified atom stereocenters. The predicted molar refractivity (Wildman–Crippen MR) is 99.9 cm³/mol. The first-order valence-corrected chi connectivity index (χ1v) is 8.14. The SMILES string of the molecule is CCOc1ccc(N2C(=O)C(=Cc3ccccc3)N(C)C2=S)cc1. The van der Waals surface area contributed by atoms with Crippen LogP contribution in [0.5, 0.6) is 5.75 Å². The molecule has 0 aromatic heterocycles. The topological polar surface area (TPSA) is 32.8 Å². The summed E-state index contributed by atoms with van der Waals surface area (Å²) in [5.41, 5.74) is 2.25. The molecule has 5 heteroatoms. The van der Waals surface area contributed by atoms with Crippen LogP contribution in [0, 0.1) is 0 Å². The summed E-state index contributed by atoms with van der Waals surface area (Å²) in [6.45, 7) is 2.54. The van der Waals surface area contributed by atoms with Crippen molar-refractivity contribution in [1.29, 1.82) is 0 Å². The summed E-state index contributed by atoms with van der Waals surface area (Å²) in [6.07, 6.45) is 1.85.